The van der Waals surface area contributed by atoms with Gasteiger partial charge in [-0.05, 0) is 37.5 Å². The predicted molar refractivity (Wildman–Crippen MR) is 86.5 cm³/mol. The number of hydrogen-bond acceptors (Lipinski definition) is 5. The van der Waals surface area contributed by atoms with Crippen molar-refractivity contribution in [1.82, 2.24) is 14.8 Å². The largest absolute Gasteiger partial charge is 0.494 e. The third kappa shape index (κ3) is 3.94. The summed E-state index contributed by atoms with van der Waals surface area (Å²) in [5.41, 5.74) is 0. The van der Waals surface area contributed by atoms with Gasteiger partial charge in [-0.3, -0.25) is 0 Å². The topological polar surface area (TPSA) is 60.2 Å². The second kappa shape index (κ2) is 7.35. The quantitative estimate of drug-likeness (QED) is 0.590. The average Bonchev–Trinajstić information content (AvgIpc) is 3.27. The van der Waals surface area contributed by atoms with Crippen molar-refractivity contribution >= 4 is 23.4 Å². The molecule has 0 spiro atoms. The van der Waals surface area contributed by atoms with Gasteiger partial charge in [-0.15, -0.1) is 10.2 Å². The fourth-order valence-electron chi connectivity index (χ4n) is 2.18. The number of aromatic nitrogens is 3. The number of aliphatic hydroxyl groups is 1. The van der Waals surface area contributed by atoms with E-state index in [1.807, 2.05) is 24.3 Å². The molecular weight excluding hydrogens is 322 g/mol. The minimum atomic E-state index is -0.0536. The molecular formula is C15H18ClN3O2S. The summed E-state index contributed by atoms with van der Waals surface area (Å²) < 4.78 is 7.73. The smallest absolute Gasteiger partial charge is 0.191 e. The van der Waals surface area contributed by atoms with Crippen molar-refractivity contribution < 1.29 is 9.84 Å². The molecule has 0 bridgehead atoms. The highest BCUT2D eigenvalue weighted by Gasteiger charge is 2.29. The van der Waals surface area contributed by atoms with E-state index in [1.165, 1.54) is 0 Å². The highest BCUT2D eigenvalue weighted by molar-refractivity contribution is 7.99. The first-order chi connectivity index (χ1) is 10.8. The van der Waals surface area contributed by atoms with Crippen LogP contribution in [0.5, 0.6) is 5.75 Å². The van der Waals surface area contributed by atoms with Crippen molar-refractivity contribution in [2.75, 3.05) is 12.4 Å². The summed E-state index contributed by atoms with van der Waals surface area (Å²) in [6.07, 6.45) is 3.20. The lowest BCUT2D eigenvalue weighted by Crippen LogP contribution is -2.04. The molecule has 0 saturated heterocycles. The third-order valence-corrected chi connectivity index (χ3v) is 4.64. The molecule has 1 N–H and O–H groups in total. The summed E-state index contributed by atoms with van der Waals surface area (Å²) in [5, 5.41) is 19.1. The maximum Gasteiger partial charge on any atom is 0.191 e. The van der Waals surface area contributed by atoms with E-state index in [9.17, 15) is 5.11 Å². The zero-order chi connectivity index (χ0) is 15.4. The van der Waals surface area contributed by atoms with E-state index in [0.29, 0.717) is 23.5 Å². The van der Waals surface area contributed by atoms with Crippen molar-refractivity contribution in [1.29, 1.82) is 0 Å². The first-order valence-corrected chi connectivity index (χ1v) is 8.70. The van der Waals surface area contributed by atoms with Gasteiger partial charge in [-0.1, -0.05) is 29.4 Å². The lowest BCUT2D eigenvalue weighted by molar-refractivity contribution is 0.263. The van der Waals surface area contributed by atoms with Crippen molar-refractivity contribution in [3.05, 3.63) is 35.1 Å². The number of aliphatic hydroxyl groups excluding tert-OH is 1. The SMILES string of the molecule is OCc1nnc(SCCCOc2cccc(Cl)c2)n1C1CC1. The van der Waals surface area contributed by atoms with E-state index in [2.05, 4.69) is 14.8 Å². The highest BCUT2D eigenvalue weighted by atomic mass is 35.5. The molecule has 5 nitrogen and oxygen atoms in total. The summed E-state index contributed by atoms with van der Waals surface area (Å²) in [5.74, 6) is 2.36. The van der Waals surface area contributed by atoms with E-state index in [-0.39, 0.29) is 6.61 Å². The van der Waals surface area contributed by atoms with Crippen LogP contribution in [0.15, 0.2) is 29.4 Å². The molecule has 118 valence electrons. The molecule has 1 aromatic carbocycles. The van der Waals surface area contributed by atoms with Crippen molar-refractivity contribution in [2.24, 2.45) is 0 Å². The van der Waals surface area contributed by atoms with Crippen LogP contribution in [0.3, 0.4) is 0 Å². The molecule has 22 heavy (non-hydrogen) atoms. The van der Waals surface area contributed by atoms with Gasteiger partial charge in [0.05, 0.1) is 6.61 Å². The lowest BCUT2D eigenvalue weighted by Gasteiger charge is -2.08. The molecule has 0 atom stereocenters. The Morgan fingerprint density at radius 2 is 2.23 bits per heavy atom. The summed E-state index contributed by atoms with van der Waals surface area (Å²) in [4.78, 5) is 0. The number of thioether (sulfide) groups is 1. The molecule has 1 aliphatic carbocycles. The Kier molecular flexibility index (Phi) is 5.23. The molecule has 1 heterocycles. The molecule has 0 radical (unpaired) electrons. The Balaban J connectivity index is 1.45. The zero-order valence-electron chi connectivity index (χ0n) is 12.1. The van der Waals surface area contributed by atoms with E-state index < -0.39 is 0 Å². The first-order valence-electron chi connectivity index (χ1n) is 7.33. The van der Waals surface area contributed by atoms with Gasteiger partial charge >= 0.3 is 0 Å². The van der Waals surface area contributed by atoms with Gasteiger partial charge in [0.1, 0.15) is 12.4 Å². The second-order valence-corrected chi connectivity index (χ2v) is 6.66. The molecule has 0 amide bonds. The van der Waals surface area contributed by atoms with Gasteiger partial charge in [0, 0.05) is 16.8 Å². The Bertz CT molecular complexity index is 631. The molecule has 0 aliphatic heterocycles. The summed E-state index contributed by atoms with van der Waals surface area (Å²) in [7, 11) is 0. The fourth-order valence-corrected chi connectivity index (χ4v) is 3.30. The van der Waals surface area contributed by atoms with Gasteiger partial charge in [0.2, 0.25) is 0 Å². The van der Waals surface area contributed by atoms with Gasteiger partial charge in [-0.2, -0.15) is 0 Å². The molecule has 1 saturated carbocycles. The van der Waals surface area contributed by atoms with Crippen LogP contribution < -0.4 is 4.74 Å². The van der Waals surface area contributed by atoms with Crippen LogP contribution in [0.4, 0.5) is 0 Å². The van der Waals surface area contributed by atoms with Crippen molar-refractivity contribution in [3.8, 4) is 5.75 Å². The van der Waals surface area contributed by atoms with Gasteiger partial charge < -0.3 is 14.4 Å². The summed E-state index contributed by atoms with van der Waals surface area (Å²) in [6, 6.07) is 7.89. The molecule has 2 aromatic rings. The Morgan fingerprint density at radius 1 is 1.36 bits per heavy atom. The second-order valence-electron chi connectivity index (χ2n) is 5.17. The lowest BCUT2D eigenvalue weighted by atomic mass is 10.3. The van der Waals surface area contributed by atoms with Crippen LogP contribution in [-0.4, -0.2) is 32.2 Å². The highest BCUT2D eigenvalue weighted by Crippen LogP contribution is 2.38. The van der Waals surface area contributed by atoms with Gasteiger partial charge in [0.25, 0.3) is 0 Å². The van der Waals surface area contributed by atoms with E-state index in [4.69, 9.17) is 16.3 Å². The number of benzene rings is 1. The Hall–Kier alpha value is -1.24. The number of hydrogen-bond donors (Lipinski definition) is 1. The normalized spacial score (nSPS) is 14.3. The van der Waals surface area contributed by atoms with E-state index in [0.717, 1.165) is 35.9 Å². The maximum absolute atomic E-state index is 9.30. The van der Waals surface area contributed by atoms with E-state index in [1.54, 1.807) is 11.8 Å². The van der Waals surface area contributed by atoms with Crippen LogP contribution in [0, 0.1) is 0 Å². The van der Waals surface area contributed by atoms with Crippen LogP contribution in [-0.2, 0) is 6.61 Å². The van der Waals surface area contributed by atoms with Crippen molar-refractivity contribution in [3.63, 3.8) is 0 Å². The Labute approximate surface area is 138 Å². The number of nitrogens with zero attached hydrogens (tertiary/aromatic N) is 3. The first kappa shape index (κ1) is 15.6. The third-order valence-electron chi connectivity index (χ3n) is 3.37. The minimum Gasteiger partial charge on any atom is -0.494 e. The summed E-state index contributed by atoms with van der Waals surface area (Å²) >= 11 is 7.57. The zero-order valence-corrected chi connectivity index (χ0v) is 13.7. The number of rotatable bonds is 8. The average molecular weight is 340 g/mol. The fraction of sp³-hybridized carbons (Fsp3) is 0.467. The van der Waals surface area contributed by atoms with Gasteiger partial charge in [-0.25, -0.2) is 0 Å². The number of ether oxygens (including phenoxy) is 1. The van der Waals surface area contributed by atoms with Crippen LogP contribution in [0.1, 0.15) is 31.1 Å². The number of halogens is 1. The molecule has 3 rings (SSSR count). The monoisotopic (exact) mass is 339 g/mol. The van der Waals surface area contributed by atoms with Crippen LogP contribution >= 0.6 is 23.4 Å². The van der Waals surface area contributed by atoms with Gasteiger partial charge in [0.15, 0.2) is 11.0 Å². The minimum absolute atomic E-state index is 0.0536. The molecule has 1 aliphatic rings. The van der Waals surface area contributed by atoms with Crippen molar-refractivity contribution in [2.45, 2.75) is 37.1 Å². The molecule has 1 fully saturated rings. The Morgan fingerprint density at radius 3 is 2.95 bits per heavy atom. The predicted octanol–water partition coefficient (Wildman–Crippen LogP) is 3.32. The molecule has 7 heteroatoms. The molecule has 1 aromatic heterocycles. The maximum atomic E-state index is 9.30. The summed E-state index contributed by atoms with van der Waals surface area (Å²) in [6.45, 7) is 0.583. The van der Waals surface area contributed by atoms with Crippen LogP contribution in [0.2, 0.25) is 5.02 Å². The van der Waals surface area contributed by atoms with Crippen LogP contribution in [0.25, 0.3) is 0 Å². The molecule has 0 unspecified atom stereocenters. The van der Waals surface area contributed by atoms with E-state index >= 15 is 0 Å². The standard InChI is InChI=1S/C15H18ClN3O2S/c16-11-3-1-4-13(9-11)21-7-2-8-22-15-18-17-14(10-20)19(15)12-5-6-12/h1,3-4,9,12,20H,2,5-8,10H2.